The summed E-state index contributed by atoms with van der Waals surface area (Å²) < 4.78 is 7.01. The number of benzene rings is 2. The zero-order valence-electron chi connectivity index (χ0n) is 11.1. The van der Waals surface area contributed by atoms with Crippen molar-refractivity contribution in [1.29, 1.82) is 0 Å². The Morgan fingerprint density at radius 1 is 1.05 bits per heavy atom. The molecule has 0 aliphatic heterocycles. The fourth-order valence-corrected chi connectivity index (χ4v) is 3.02. The van der Waals surface area contributed by atoms with Gasteiger partial charge < -0.3 is 10.5 Å². The number of para-hydroxylation sites is 2. The minimum atomic E-state index is 0.637. The van der Waals surface area contributed by atoms with Crippen LogP contribution in [0.25, 0.3) is 20.8 Å². The van der Waals surface area contributed by atoms with Crippen molar-refractivity contribution in [3.05, 3.63) is 48.5 Å². The molecule has 1 aromatic heterocycles. The van der Waals surface area contributed by atoms with Crippen LogP contribution < -0.4 is 10.5 Å². The molecule has 0 saturated heterocycles. The summed E-state index contributed by atoms with van der Waals surface area (Å²) in [5, 5.41) is 0.995. The van der Waals surface area contributed by atoms with E-state index in [-0.39, 0.29) is 0 Å². The van der Waals surface area contributed by atoms with Gasteiger partial charge in [0, 0.05) is 0 Å². The van der Waals surface area contributed by atoms with Crippen molar-refractivity contribution >= 4 is 21.6 Å². The van der Waals surface area contributed by atoms with Crippen molar-refractivity contribution in [3.8, 4) is 16.3 Å². The second-order valence-electron chi connectivity index (χ2n) is 4.47. The normalized spacial score (nSPS) is 10.8. The average molecular weight is 284 g/mol. The van der Waals surface area contributed by atoms with Crippen LogP contribution in [0.4, 0.5) is 0 Å². The molecule has 102 valence electrons. The Labute approximate surface area is 122 Å². The topological polar surface area (TPSA) is 48.1 Å². The second-order valence-corrected chi connectivity index (χ2v) is 5.50. The lowest BCUT2D eigenvalue weighted by Crippen LogP contribution is -2.06. The average Bonchev–Trinajstić information content (AvgIpc) is 2.92. The fourth-order valence-electron chi connectivity index (χ4n) is 2.02. The number of hydrogen-bond acceptors (Lipinski definition) is 4. The van der Waals surface area contributed by atoms with Crippen LogP contribution in [0.2, 0.25) is 0 Å². The van der Waals surface area contributed by atoms with E-state index in [2.05, 4.69) is 17.1 Å². The molecule has 0 aliphatic carbocycles. The highest BCUT2D eigenvalue weighted by Gasteiger charge is 2.10. The molecule has 3 rings (SSSR count). The fraction of sp³-hybridized carbons (Fsp3) is 0.188. The molecule has 0 radical (unpaired) electrons. The summed E-state index contributed by atoms with van der Waals surface area (Å²) in [5.74, 6) is 0.875. The van der Waals surface area contributed by atoms with Gasteiger partial charge in [0.05, 0.1) is 22.4 Å². The SMILES string of the molecule is NCCCOc1ccccc1-c1nc2ccccc2s1. The number of rotatable bonds is 5. The summed E-state index contributed by atoms with van der Waals surface area (Å²) in [7, 11) is 0. The molecule has 0 spiro atoms. The summed E-state index contributed by atoms with van der Waals surface area (Å²) in [4.78, 5) is 4.69. The number of aromatic nitrogens is 1. The molecule has 0 saturated carbocycles. The third-order valence-electron chi connectivity index (χ3n) is 3.02. The number of fused-ring (bicyclic) bond motifs is 1. The Bertz CT molecular complexity index is 675. The monoisotopic (exact) mass is 284 g/mol. The van der Waals surface area contributed by atoms with Crippen LogP contribution in [0.1, 0.15) is 6.42 Å². The third-order valence-corrected chi connectivity index (χ3v) is 4.09. The van der Waals surface area contributed by atoms with Crippen molar-refractivity contribution in [1.82, 2.24) is 4.98 Å². The summed E-state index contributed by atoms with van der Waals surface area (Å²) >= 11 is 1.69. The van der Waals surface area contributed by atoms with Gasteiger partial charge >= 0.3 is 0 Å². The maximum Gasteiger partial charge on any atom is 0.129 e. The van der Waals surface area contributed by atoms with Crippen LogP contribution in [0.15, 0.2) is 48.5 Å². The van der Waals surface area contributed by atoms with Crippen LogP contribution in [0.3, 0.4) is 0 Å². The summed E-state index contributed by atoms with van der Waals surface area (Å²) in [6.45, 7) is 1.28. The smallest absolute Gasteiger partial charge is 0.129 e. The molecule has 0 unspecified atom stereocenters. The first-order valence-corrected chi connectivity index (χ1v) is 7.48. The van der Waals surface area contributed by atoms with Gasteiger partial charge in [0.25, 0.3) is 0 Å². The van der Waals surface area contributed by atoms with Crippen molar-refractivity contribution in [2.24, 2.45) is 5.73 Å². The Morgan fingerprint density at radius 2 is 1.85 bits per heavy atom. The van der Waals surface area contributed by atoms with Gasteiger partial charge in [-0.1, -0.05) is 24.3 Å². The minimum Gasteiger partial charge on any atom is -0.493 e. The zero-order chi connectivity index (χ0) is 13.8. The van der Waals surface area contributed by atoms with Gasteiger partial charge in [-0.3, -0.25) is 0 Å². The Morgan fingerprint density at radius 3 is 2.70 bits per heavy atom. The maximum atomic E-state index is 5.81. The van der Waals surface area contributed by atoms with Crippen LogP contribution in [0, 0.1) is 0 Å². The molecule has 0 fully saturated rings. The van der Waals surface area contributed by atoms with Crippen molar-refractivity contribution in [2.45, 2.75) is 6.42 Å². The second kappa shape index (κ2) is 6.03. The number of nitrogens with two attached hydrogens (primary N) is 1. The molecule has 0 aliphatic rings. The van der Waals surface area contributed by atoms with Gasteiger partial charge in [0.1, 0.15) is 10.8 Å². The number of hydrogen-bond donors (Lipinski definition) is 1. The predicted molar refractivity (Wildman–Crippen MR) is 84.2 cm³/mol. The molecule has 0 atom stereocenters. The highest BCUT2D eigenvalue weighted by atomic mass is 32.1. The standard InChI is InChI=1S/C16H16N2OS/c17-10-5-11-19-14-8-3-1-6-12(14)16-18-13-7-2-4-9-15(13)20-16/h1-4,6-9H,5,10-11,17H2. The lowest BCUT2D eigenvalue weighted by atomic mass is 10.2. The molecule has 2 aromatic carbocycles. The van der Waals surface area contributed by atoms with Gasteiger partial charge in [0.15, 0.2) is 0 Å². The molecule has 3 aromatic rings. The largest absolute Gasteiger partial charge is 0.493 e. The highest BCUT2D eigenvalue weighted by molar-refractivity contribution is 7.21. The molecule has 4 heteroatoms. The lowest BCUT2D eigenvalue weighted by Gasteiger charge is -2.08. The minimum absolute atomic E-state index is 0.637. The van der Waals surface area contributed by atoms with E-state index in [1.54, 1.807) is 11.3 Å². The molecule has 0 bridgehead atoms. The zero-order valence-corrected chi connectivity index (χ0v) is 11.9. The summed E-state index contributed by atoms with van der Waals surface area (Å²) in [6.07, 6.45) is 0.855. The molecule has 0 amide bonds. The van der Waals surface area contributed by atoms with Crippen molar-refractivity contribution in [3.63, 3.8) is 0 Å². The Hall–Kier alpha value is -1.91. The van der Waals surface area contributed by atoms with E-state index < -0.39 is 0 Å². The van der Waals surface area contributed by atoms with Crippen LogP contribution in [-0.4, -0.2) is 18.1 Å². The number of thiazole rings is 1. The van der Waals surface area contributed by atoms with Crippen LogP contribution in [0.5, 0.6) is 5.75 Å². The maximum absolute atomic E-state index is 5.81. The summed E-state index contributed by atoms with van der Waals surface area (Å²) in [5.41, 5.74) is 7.58. The van der Waals surface area contributed by atoms with Crippen molar-refractivity contribution in [2.75, 3.05) is 13.2 Å². The van der Waals surface area contributed by atoms with Crippen molar-refractivity contribution < 1.29 is 4.74 Å². The van der Waals surface area contributed by atoms with Gasteiger partial charge in [-0.2, -0.15) is 0 Å². The number of nitrogens with zero attached hydrogens (tertiary/aromatic N) is 1. The Balaban J connectivity index is 1.96. The molecule has 1 heterocycles. The van der Waals surface area contributed by atoms with E-state index in [9.17, 15) is 0 Å². The quantitative estimate of drug-likeness (QED) is 0.727. The van der Waals surface area contributed by atoms with E-state index in [1.165, 1.54) is 4.70 Å². The van der Waals surface area contributed by atoms with Gasteiger partial charge in [0.2, 0.25) is 0 Å². The van der Waals surface area contributed by atoms with E-state index in [1.807, 2.05) is 36.4 Å². The lowest BCUT2D eigenvalue weighted by molar-refractivity contribution is 0.314. The first-order chi connectivity index (χ1) is 9.88. The summed E-state index contributed by atoms with van der Waals surface area (Å²) in [6, 6.07) is 16.2. The molecular weight excluding hydrogens is 268 g/mol. The molecule has 2 N–H and O–H groups in total. The third kappa shape index (κ3) is 2.66. The predicted octanol–water partition coefficient (Wildman–Crippen LogP) is 3.69. The highest BCUT2D eigenvalue weighted by Crippen LogP contribution is 2.35. The molecule has 3 nitrogen and oxygen atoms in total. The van der Waals surface area contributed by atoms with E-state index in [0.29, 0.717) is 13.2 Å². The van der Waals surface area contributed by atoms with Gasteiger partial charge in [-0.15, -0.1) is 11.3 Å². The van der Waals surface area contributed by atoms with Crippen LogP contribution in [-0.2, 0) is 0 Å². The van der Waals surface area contributed by atoms with E-state index in [4.69, 9.17) is 10.5 Å². The van der Waals surface area contributed by atoms with E-state index in [0.717, 1.165) is 28.3 Å². The van der Waals surface area contributed by atoms with Crippen LogP contribution >= 0.6 is 11.3 Å². The van der Waals surface area contributed by atoms with E-state index >= 15 is 0 Å². The van der Waals surface area contributed by atoms with Gasteiger partial charge in [-0.05, 0) is 37.2 Å². The first-order valence-electron chi connectivity index (χ1n) is 6.66. The van der Waals surface area contributed by atoms with Gasteiger partial charge in [-0.25, -0.2) is 4.98 Å². The molecular formula is C16H16N2OS. The Kier molecular flexibility index (Phi) is 3.95. The number of ether oxygens (including phenoxy) is 1. The molecule has 20 heavy (non-hydrogen) atoms. The first kappa shape index (κ1) is 13.1.